The molecule has 2 aromatic carbocycles. The predicted molar refractivity (Wildman–Crippen MR) is 164 cm³/mol. The minimum Gasteiger partial charge on any atom is -0.237 e. The second kappa shape index (κ2) is 17.3. The van der Waals surface area contributed by atoms with Crippen LogP contribution >= 0.6 is 0 Å². The topological polar surface area (TPSA) is 8.81 Å². The first-order valence-electron chi connectivity index (χ1n) is 15.8. The van der Waals surface area contributed by atoms with Crippen LogP contribution in [0.1, 0.15) is 128 Å². The van der Waals surface area contributed by atoms with Gasteiger partial charge in [-0.05, 0) is 43.2 Å². The van der Waals surface area contributed by atoms with Crippen molar-refractivity contribution in [2.75, 3.05) is 0 Å². The van der Waals surface area contributed by atoms with E-state index >= 15 is 0 Å². The minimum atomic E-state index is 0.0156. The molecule has 0 aliphatic rings. The van der Waals surface area contributed by atoms with Crippen molar-refractivity contribution in [3.05, 3.63) is 90.5 Å². The van der Waals surface area contributed by atoms with Crippen molar-refractivity contribution in [2.24, 2.45) is 0 Å². The van der Waals surface area contributed by atoms with Crippen LogP contribution in [0.15, 0.2) is 79.4 Å². The van der Waals surface area contributed by atoms with Crippen molar-refractivity contribution in [2.45, 2.75) is 135 Å². The molecule has 0 bridgehead atoms. The molecule has 0 amide bonds. The van der Waals surface area contributed by atoms with E-state index in [1.165, 1.54) is 101 Å². The van der Waals surface area contributed by atoms with Crippen LogP contribution in [0.2, 0.25) is 0 Å². The molecule has 38 heavy (non-hydrogen) atoms. The van der Waals surface area contributed by atoms with Gasteiger partial charge in [-0.3, -0.25) is 0 Å². The number of aromatic nitrogens is 2. The maximum absolute atomic E-state index is 2.56. The van der Waals surface area contributed by atoms with Gasteiger partial charge in [0.1, 0.15) is 18.4 Å². The lowest BCUT2D eigenvalue weighted by molar-refractivity contribution is -0.697. The van der Waals surface area contributed by atoms with Crippen molar-refractivity contribution in [1.82, 2.24) is 4.57 Å². The Kier molecular flexibility index (Phi) is 13.7. The summed E-state index contributed by atoms with van der Waals surface area (Å²) in [6.07, 6.45) is 26.9. The Morgan fingerprint density at radius 1 is 0.684 bits per heavy atom. The zero-order valence-corrected chi connectivity index (χ0v) is 24.8. The van der Waals surface area contributed by atoms with Crippen LogP contribution in [0.5, 0.6) is 0 Å². The molecule has 0 radical (unpaired) electrons. The molecule has 1 aromatic heterocycles. The average Bonchev–Trinajstić information content (AvgIpc) is 3.41. The van der Waals surface area contributed by atoms with Crippen LogP contribution in [-0.2, 0) is 18.4 Å². The first kappa shape index (κ1) is 30.2. The van der Waals surface area contributed by atoms with Gasteiger partial charge < -0.3 is 0 Å². The van der Waals surface area contributed by atoms with E-state index in [9.17, 15) is 0 Å². The standard InChI is InChI=1S/C36H55N2/c1-4-6-8-10-11-12-13-21-27-35(38-30-29-37(32-38)28-22-14-9-7-5-2)36(3,34-25-19-16-20-26-34)31-33-23-17-15-18-24-33/h15-20,23-26,29-30,32,35H,4-14,21-22,27-28,31H2,1-3H3/q+1. The van der Waals surface area contributed by atoms with Gasteiger partial charge in [-0.2, -0.15) is 0 Å². The first-order valence-corrected chi connectivity index (χ1v) is 15.8. The van der Waals surface area contributed by atoms with E-state index in [-0.39, 0.29) is 5.41 Å². The van der Waals surface area contributed by atoms with Crippen LogP contribution in [0.3, 0.4) is 0 Å². The highest BCUT2D eigenvalue weighted by Crippen LogP contribution is 2.41. The van der Waals surface area contributed by atoms with Crippen LogP contribution in [0.4, 0.5) is 0 Å². The predicted octanol–water partition coefficient (Wildman–Crippen LogP) is 10.0. The van der Waals surface area contributed by atoms with E-state index in [4.69, 9.17) is 0 Å². The smallest absolute Gasteiger partial charge is 0.237 e. The largest absolute Gasteiger partial charge is 0.244 e. The molecular weight excluding hydrogens is 460 g/mol. The van der Waals surface area contributed by atoms with Crippen molar-refractivity contribution in [1.29, 1.82) is 0 Å². The van der Waals surface area contributed by atoms with E-state index in [2.05, 4.69) is 109 Å². The second-order valence-electron chi connectivity index (χ2n) is 11.7. The number of hydrogen-bond acceptors (Lipinski definition) is 0. The number of hydrogen-bond donors (Lipinski definition) is 0. The summed E-state index contributed by atoms with van der Waals surface area (Å²) in [5.74, 6) is 0. The SMILES string of the molecule is CCCCCCCCCCC(n1cc[n+](CCCCCCC)c1)C(C)(Cc1ccccc1)c1ccccc1. The molecule has 0 N–H and O–H groups in total. The summed E-state index contributed by atoms with van der Waals surface area (Å²) in [5.41, 5.74) is 2.89. The quantitative estimate of drug-likeness (QED) is 0.105. The lowest BCUT2D eigenvalue weighted by atomic mass is 9.70. The fourth-order valence-corrected chi connectivity index (χ4v) is 6.14. The van der Waals surface area contributed by atoms with E-state index in [1.54, 1.807) is 0 Å². The Morgan fingerprint density at radius 2 is 1.24 bits per heavy atom. The van der Waals surface area contributed by atoms with Crippen LogP contribution in [-0.4, -0.2) is 4.57 Å². The van der Waals surface area contributed by atoms with Gasteiger partial charge in [-0.15, -0.1) is 0 Å². The van der Waals surface area contributed by atoms with E-state index in [0.717, 1.165) is 13.0 Å². The second-order valence-corrected chi connectivity index (χ2v) is 11.7. The normalized spacial score (nSPS) is 13.9. The summed E-state index contributed by atoms with van der Waals surface area (Å²) in [7, 11) is 0. The fraction of sp³-hybridized carbons (Fsp3) is 0.583. The average molecular weight is 516 g/mol. The van der Waals surface area contributed by atoms with Gasteiger partial charge in [0, 0.05) is 5.41 Å². The lowest BCUT2D eigenvalue weighted by Crippen LogP contribution is -2.38. The minimum absolute atomic E-state index is 0.0156. The molecule has 3 aromatic rings. The zero-order chi connectivity index (χ0) is 26.9. The fourth-order valence-electron chi connectivity index (χ4n) is 6.14. The molecular formula is C36H55N2+. The molecule has 3 rings (SSSR count). The highest BCUT2D eigenvalue weighted by molar-refractivity contribution is 5.30. The summed E-state index contributed by atoms with van der Waals surface area (Å²) < 4.78 is 4.99. The monoisotopic (exact) mass is 515 g/mol. The third-order valence-corrected chi connectivity index (χ3v) is 8.51. The summed E-state index contributed by atoms with van der Waals surface area (Å²) >= 11 is 0. The first-order chi connectivity index (χ1) is 18.7. The Hall–Kier alpha value is -2.35. The third kappa shape index (κ3) is 9.75. The number of unbranched alkanes of at least 4 members (excludes halogenated alkanes) is 11. The molecule has 2 nitrogen and oxygen atoms in total. The maximum Gasteiger partial charge on any atom is 0.244 e. The van der Waals surface area contributed by atoms with Crippen LogP contribution in [0.25, 0.3) is 0 Å². The van der Waals surface area contributed by atoms with E-state index in [0.29, 0.717) is 6.04 Å². The zero-order valence-electron chi connectivity index (χ0n) is 24.8. The summed E-state index contributed by atoms with van der Waals surface area (Å²) in [6.45, 7) is 8.24. The molecule has 2 atom stereocenters. The molecule has 0 spiro atoms. The van der Waals surface area contributed by atoms with Gasteiger partial charge in [0.2, 0.25) is 6.33 Å². The molecule has 1 heterocycles. The highest BCUT2D eigenvalue weighted by Gasteiger charge is 2.40. The van der Waals surface area contributed by atoms with E-state index in [1.807, 2.05) is 0 Å². The third-order valence-electron chi connectivity index (χ3n) is 8.51. The summed E-state index contributed by atoms with van der Waals surface area (Å²) in [6, 6.07) is 22.9. The number of aryl methyl sites for hydroxylation is 1. The molecule has 2 heteroatoms. The molecule has 0 saturated carbocycles. The lowest BCUT2D eigenvalue weighted by Gasteiger charge is -2.37. The number of nitrogens with zero attached hydrogens (tertiary/aromatic N) is 2. The van der Waals surface area contributed by atoms with Gasteiger partial charge in [0.15, 0.2) is 0 Å². The van der Waals surface area contributed by atoms with Gasteiger partial charge in [-0.1, -0.05) is 146 Å². The molecule has 0 saturated heterocycles. The number of benzene rings is 2. The Balaban J connectivity index is 1.78. The molecule has 0 fully saturated rings. The van der Waals surface area contributed by atoms with Crippen molar-refractivity contribution in [3.63, 3.8) is 0 Å². The van der Waals surface area contributed by atoms with Gasteiger partial charge in [-0.25, -0.2) is 9.13 Å². The molecule has 2 unspecified atom stereocenters. The maximum atomic E-state index is 2.56. The number of rotatable bonds is 20. The van der Waals surface area contributed by atoms with Gasteiger partial charge in [0.05, 0.1) is 6.54 Å². The van der Waals surface area contributed by atoms with Crippen LogP contribution < -0.4 is 4.57 Å². The Labute approximate surface area is 234 Å². The van der Waals surface area contributed by atoms with Crippen LogP contribution in [0, 0.1) is 0 Å². The molecule has 0 aliphatic carbocycles. The molecule has 0 aliphatic heterocycles. The van der Waals surface area contributed by atoms with Gasteiger partial charge >= 0.3 is 0 Å². The Morgan fingerprint density at radius 3 is 1.87 bits per heavy atom. The molecule has 208 valence electrons. The highest BCUT2D eigenvalue weighted by atomic mass is 15.1. The van der Waals surface area contributed by atoms with Gasteiger partial charge in [0.25, 0.3) is 0 Å². The summed E-state index contributed by atoms with van der Waals surface area (Å²) in [4.78, 5) is 0. The van der Waals surface area contributed by atoms with Crippen molar-refractivity contribution >= 4 is 0 Å². The Bertz CT molecular complexity index is 977. The number of imidazole rings is 1. The van der Waals surface area contributed by atoms with E-state index < -0.39 is 0 Å². The summed E-state index contributed by atoms with van der Waals surface area (Å²) in [5, 5.41) is 0. The van der Waals surface area contributed by atoms with Crippen molar-refractivity contribution < 1.29 is 4.57 Å². The van der Waals surface area contributed by atoms with Crippen molar-refractivity contribution in [3.8, 4) is 0 Å².